The van der Waals surface area contributed by atoms with Crippen LogP contribution in [0.1, 0.15) is 37.0 Å². The van der Waals surface area contributed by atoms with Gasteiger partial charge in [0.15, 0.2) is 0 Å². The number of sulfonamides is 1. The average Bonchev–Trinajstić information content (AvgIpc) is 2.89. The number of rotatable bonds is 9. The lowest BCUT2D eigenvalue weighted by Crippen LogP contribution is -2.50. The summed E-state index contributed by atoms with van der Waals surface area (Å²) in [5.41, 5.74) is 0.0514. The maximum atomic E-state index is 13.5. The summed E-state index contributed by atoms with van der Waals surface area (Å²) in [7, 11) is -2.68. The van der Waals surface area contributed by atoms with E-state index in [4.69, 9.17) is 4.74 Å². The number of nitrogens with one attached hydrogen (secondary N) is 1. The summed E-state index contributed by atoms with van der Waals surface area (Å²) in [5, 5.41) is 12.1. The number of hydrogen-bond donors (Lipinski definition) is 2. The molecule has 0 radical (unpaired) electrons. The lowest BCUT2D eigenvalue weighted by Gasteiger charge is -2.38. The summed E-state index contributed by atoms with van der Waals surface area (Å²) in [6.45, 7) is 2.94. The molecule has 2 amide bonds. The number of ether oxygens (including phenoxy) is 1. The highest BCUT2D eigenvalue weighted by molar-refractivity contribution is 7.89. The van der Waals surface area contributed by atoms with Crippen LogP contribution in [0, 0.1) is 11.7 Å². The zero-order valence-electron chi connectivity index (χ0n) is 22.1. The predicted octanol–water partition coefficient (Wildman–Crippen LogP) is 3.65. The van der Waals surface area contributed by atoms with Crippen LogP contribution >= 0.6 is 0 Å². The maximum absolute atomic E-state index is 13.5. The van der Waals surface area contributed by atoms with Crippen LogP contribution in [0.5, 0.6) is 5.75 Å². The van der Waals surface area contributed by atoms with Crippen LogP contribution in [0.15, 0.2) is 47.4 Å². The monoisotopic (exact) mass is 589 g/mol. The molecule has 0 spiro atoms. The third-order valence-electron chi connectivity index (χ3n) is 6.54. The maximum Gasteiger partial charge on any atom is 0.389 e. The van der Waals surface area contributed by atoms with Crippen LogP contribution in [-0.4, -0.2) is 79.6 Å². The van der Waals surface area contributed by atoms with E-state index in [0.717, 1.165) is 28.6 Å². The first-order chi connectivity index (χ1) is 18.6. The Hall–Kier alpha value is -3.23. The highest BCUT2D eigenvalue weighted by atomic mass is 32.2. The first kappa shape index (κ1) is 31.3. The smallest absolute Gasteiger partial charge is 0.389 e. The molecular formula is C26H31F4N3O6S. The summed E-state index contributed by atoms with van der Waals surface area (Å²) >= 11 is 0. The van der Waals surface area contributed by atoms with E-state index < -0.39 is 64.7 Å². The van der Waals surface area contributed by atoms with Gasteiger partial charge in [-0.15, -0.1) is 0 Å². The van der Waals surface area contributed by atoms with Crippen LogP contribution in [0.25, 0.3) is 0 Å². The standard InChI is InChI=1S/C26H31F4N3O6S/c1-16-13-33(17(2)15-34)25(36)21-12-19(31-24(35)10-11-26(28,29)30)6-9-22(21)39-23(16)14-32(3)40(37,38)20-7-4-18(27)5-8-20/h4-9,12,16-17,23,34H,10-11,13-15H2,1-3H3,(H,31,35)/t16-,17-,23-/m1/s1. The molecule has 0 bridgehead atoms. The van der Waals surface area contributed by atoms with Crippen LogP contribution in [0.4, 0.5) is 23.2 Å². The molecule has 0 saturated carbocycles. The molecule has 3 atom stereocenters. The Kier molecular flexibility index (Phi) is 9.80. The number of alkyl halides is 3. The van der Waals surface area contributed by atoms with Gasteiger partial charge in [0.05, 0.1) is 36.1 Å². The Morgan fingerprint density at radius 3 is 2.48 bits per heavy atom. The third kappa shape index (κ3) is 7.70. The van der Waals surface area contributed by atoms with Crippen molar-refractivity contribution in [2.24, 2.45) is 5.92 Å². The Morgan fingerprint density at radius 1 is 1.23 bits per heavy atom. The van der Waals surface area contributed by atoms with Gasteiger partial charge in [-0.25, -0.2) is 12.8 Å². The summed E-state index contributed by atoms with van der Waals surface area (Å²) in [5.74, 6) is -2.37. The summed E-state index contributed by atoms with van der Waals surface area (Å²) in [6, 6.07) is 7.72. The number of fused-ring (bicyclic) bond motifs is 1. The Balaban J connectivity index is 1.91. The molecule has 14 heteroatoms. The van der Waals surface area contributed by atoms with Gasteiger partial charge in [0, 0.05) is 31.6 Å². The second kappa shape index (κ2) is 12.5. The number of benzene rings is 2. The number of likely N-dealkylation sites (N-methyl/N-ethyl adjacent to an activating group) is 1. The highest BCUT2D eigenvalue weighted by Crippen LogP contribution is 2.31. The third-order valence-corrected chi connectivity index (χ3v) is 8.38. The molecule has 3 rings (SSSR count). The van der Waals surface area contributed by atoms with Crippen molar-refractivity contribution in [3.05, 3.63) is 53.8 Å². The second-order valence-electron chi connectivity index (χ2n) is 9.74. The summed E-state index contributed by atoms with van der Waals surface area (Å²) in [6.07, 6.45) is -7.39. The van der Waals surface area contributed by atoms with E-state index in [-0.39, 0.29) is 41.6 Å². The number of halogens is 4. The summed E-state index contributed by atoms with van der Waals surface area (Å²) in [4.78, 5) is 26.8. The minimum absolute atomic E-state index is 0.0186. The largest absolute Gasteiger partial charge is 0.488 e. The van der Waals surface area contributed by atoms with Crippen molar-refractivity contribution in [2.45, 2.75) is 49.9 Å². The van der Waals surface area contributed by atoms with Gasteiger partial charge in [-0.2, -0.15) is 17.5 Å². The number of carbonyl (C=O) groups excluding carboxylic acids is 2. The van der Waals surface area contributed by atoms with Gasteiger partial charge in [0.1, 0.15) is 17.7 Å². The number of aliphatic hydroxyl groups excluding tert-OH is 1. The Bertz CT molecular complexity index is 1320. The lowest BCUT2D eigenvalue weighted by atomic mass is 9.99. The fourth-order valence-corrected chi connectivity index (χ4v) is 5.32. The van der Waals surface area contributed by atoms with E-state index in [9.17, 15) is 40.7 Å². The number of nitrogens with zero attached hydrogens (tertiary/aromatic N) is 2. The van der Waals surface area contributed by atoms with E-state index in [1.807, 2.05) is 0 Å². The van der Waals surface area contributed by atoms with Crippen molar-refractivity contribution in [1.82, 2.24) is 9.21 Å². The predicted molar refractivity (Wildman–Crippen MR) is 138 cm³/mol. The fraction of sp³-hybridized carbons (Fsp3) is 0.462. The Morgan fingerprint density at radius 2 is 1.88 bits per heavy atom. The van der Waals surface area contributed by atoms with Crippen molar-refractivity contribution in [1.29, 1.82) is 0 Å². The first-order valence-corrected chi connectivity index (χ1v) is 13.9. The van der Waals surface area contributed by atoms with Gasteiger partial charge in [-0.05, 0) is 49.4 Å². The molecular weight excluding hydrogens is 558 g/mol. The number of hydrogen-bond acceptors (Lipinski definition) is 6. The molecule has 1 heterocycles. The molecule has 2 aromatic rings. The molecule has 0 aliphatic carbocycles. The van der Waals surface area contributed by atoms with Gasteiger partial charge in [0.2, 0.25) is 15.9 Å². The molecule has 2 aromatic carbocycles. The molecule has 0 aromatic heterocycles. The van der Waals surface area contributed by atoms with Crippen molar-refractivity contribution in [2.75, 3.05) is 32.1 Å². The quantitative estimate of drug-likeness (QED) is 0.432. The molecule has 2 N–H and O–H groups in total. The molecule has 9 nitrogen and oxygen atoms in total. The van der Waals surface area contributed by atoms with Crippen LogP contribution in [-0.2, 0) is 14.8 Å². The van der Waals surface area contributed by atoms with Crippen LogP contribution in [0.2, 0.25) is 0 Å². The molecule has 0 unspecified atom stereocenters. The number of aliphatic hydroxyl groups is 1. The molecule has 1 aliphatic rings. The molecule has 0 fully saturated rings. The Labute approximate surface area is 229 Å². The van der Waals surface area contributed by atoms with E-state index in [0.29, 0.717) is 0 Å². The van der Waals surface area contributed by atoms with Crippen molar-refractivity contribution >= 4 is 27.5 Å². The minimum atomic E-state index is -4.50. The number of anilines is 1. The average molecular weight is 590 g/mol. The van der Waals surface area contributed by atoms with E-state index >= 15 is 0 Å². The minimum Gasteiger partial charge on any atom is -0.488 e. The van der Waals surface area contributed by atoms with Gasteiger partial charge >= 0.3 is 6.18 Å². The second-order valence-corrected chi connectivity index (χ2v) is 11.8. The van der Waals surface area contributed by atoms with Crippen molar-refractivity contribution < 1.29 is 45.4 Å². The number of amides is 2. The molecule has 0 saturated heterocycles. The molecule has 40 heavy (non-hydrogen) atoms. The normalized spacial score (nSPS) is 18.9. The first-order valence-electron chi connectivity index (χ1n) is 12.4. The zero-order valence-corrected chi connectivity index (χ0v) is 22.9. The van der Waals surface area contributed by atoms with Crippen molar-refractivity contribution in [3.63, 3.8) is 0 Å². The number of carbonyl (C=O) groups is 2. The highest BCUT2D eigenvalue weighted by Gasteiger charge is 2.35. The zero-order chi connectivity index (χ0) is 29.8. The van der Waals surface area contributed by atoms with E-state index in [1.54, 1.807) is 13.8 Å². The van der Waals surface area contributed by atoms with Gasteiger partial charge in [-0.3, -0.25) is 9.59 Å². The molecule has 220 valence electrons. The summed E-state index contributed by atoms with van der Waals surface area (Å²) < 4.78 is 84.2. The topological polar surface area (TPSA) is 116 Å². The van der Waals surface area contributed by atoms with Crippen LogP contribution in [0.3, 0.4) is 0 Å². The fourth-order valence-electron chi connectivity index (χ4n) is 4.14. The van der Waals surface area contributed by atoms with Gasteiger partial charge in [0.25, 0.3) is 5.91 Å². The van der Waals surface area contributed by atoms with Crippen molar-refractivity contribution in [3.8, 4) is 5.75 Å². The van der Waals surface area contributed by atoms with Crippen LogP contribution < -0.4 is 10.1 Å². The molecule has 1 aliphatic heterocycles. The van der Waals surface area contributed by atoms with Gasteiger partial charge < -0.3 is 20.1 Å². The van der Waals surface area contributed by atoms with E-state index in [1.165, 1.54) is 30.1 Å². The SMILES string of the molecule is C[C@@H]1CN([C@H](C)CO)C(=O)c2cc(NC(=O)CCC(F)(F)F)ccc2O[C@@H]1CN(C)S(=O)(=O)c1ccc(F)cc1. The lowest BCUT2D eigenvalue weighted by molar-refractivity contribution is -0.142. The van der Waals surface area contributed by atoms with Gasteiger partial charge in [-0.1, -0.05) is 6.92 Å². The van der Waals surface area contributed by atoms with E-state index in [2.05, 4.69) is 5.32 Å².